The van der Waals surface area contributed by atoms with Gasteiger partial charge >= 0.3 is 5.97 Å². The lowest BCUT2D eigenvalue weighted by Crippen LogP contribution is -2.39. The monoisotopic (exact) mass is 378 g/mol. The largest absolute Gasteiger partial charge is 0.480 e. The summed E-state index contributed by atoms with van der Waals surface area (Å²) in [5, 5.41) is 20.3. The maximum atomic E-state index is 12.4. The normalized spacial score (nSPS) is 16.7. The lowest BCUT2D eigenvalue weighted by molar-refractivity contribution is -0.138. The van der Waals surface area contributed by atoms with E-state index in [1.807, 2.05) is 13.0 Å². The minimum Gasteiger partial charge on any atom is -0.480 e. The zero-order valence-corrected chi connectivity index (χ0v) is 16.1. The molecule has 0 aromatic carbocycles. The summed E-state index contributed by atoms with van der Waals surface area (Å²) in [7, 11) is 0. The lowest BCUT2D eigenvalue weighted by atomic mass is 9.96. The fourth-order valence-corrected chi connectivity index (χ4v) is 4.55. The van der Waals surface area contributed by atoms with Crippen molar-refractivity contribution in [2.24, 2.45) is 0 Å². The summed E-state index contributed by atoms with van der Waals surface area (Å²) in [5.41, 5.74) is 0.970. The predicted octanol–water partition coefficient (Wildman–Crippen LogP) is 2.70. The Labute approximate surface area is 156 Å². The average Bonchev–Trinajstić information content (AvgIpc) is 3.20. The molecule has 0 aliphatic heterocycles. The van der Waals surface area contributed by atoms with Gasteiger partial charge in [-0.25, -0.2) is 0 Å². The van der Waals surface area contributed by atoms with Crippen molar-refractivity contribution in [3.63, 3.8) is 0 Å². The lowest BCUT2D eigenvalue weighted by Gasteiger charge is -2.22. The summed E-state index contributed by atoms with van der Waals surface area (Å²) in [6.07, 6.45) is 6.09. The Morgan fingerprint density at radius 2 is 2.08 bits per heavy atom. The number of carbonyl (C=O) groups is 2. The molecular formula is C18H26N4O3S. The molecule has 0 bridgehead atoms. The number of carbonyl (C=O) groups excluding carboxylic acids is 1. The van der Waals surface area contributed by atoms with Gasteiger partial charge in [0.1, 0.15) is 10.9 Å². The highest BCUT2D eigenvalue weighted by atomic mass is 32.1. The second-order valence-corrected chi connectivity index (χ2v) is 7.95. The van der Waals surface area contributed by atoms with Crippen LogP contribution in [0, 0.1) is 6.92 Å². The number of amides is 1. The molecule has 3 rings (SSSR count). The first kappa shape index (κ1) is 18.8. The summed E-state index contributed by atoms with van der Waals surface area (Å²) in [5.74, 6) is -1.02. The number of carboxylic acids is 1. The van der Waals surface area contributed by atoms with E-state index in [1.54, 1.807) is 6.92 Å². The van der Waals surface area contributed by atoms with E-state index in [0.717, 1.165) is 28.8 Å². The van der Waals surface area contributed by atoms with Gasteiger partial charge < -0.3 is 15.7 Å². The Hall–Kier alpha value is -1.93. The minimum atomic E-state index is -0.899. The summed E-state index contributed by atoms with van der Waals surface area (Å²) < 4.78 is 2.13. The van der Waals surface area contributed by atoms with Gasteiger partial charge in [0.2, 0.25) is 0 Å². The highest BCUT2D eigenvalue weighted by Gasteiger charge is 2.22. The van der Waals surface area contributed by atoms with Crippen molar-refractivity contribution in [1.82, 2.24) is 20.4 Å². The van der Waals surface area contributed by atoms with Crippen molar-refractivity contribution in [2.75, 3.05) is 13.1 Å². The predicted molar refractivity (Wildman–Crippen MR) is 102 cm³/mol. The van der Waals surface area contributed by atoms with Gasteiger partial charge in [-0.1, -0.05) is 19.3 Å². The van der Waals surface area contributed by atoms with Crippen LogP contribution >= 0.6 is 11.3 Å². The van der Waals surface area contributed by atoms with Crippen molar-refractivity contribution in [3.05, 3.63) is 16.6 Å². The molecule has 0 spiro atoms. The SMILES string of the molecule is Cc1nn(C2CCCCC2)c2sc(C(=O)NCCNC(C)C(=O)O)cc12. The van der Waals surface area contributed by atoms with E-state index in [4.69, 9.17) is 10.2 Å². The van der Waals surface area contributed by atoms with Gasteiger partial charge in [0.25, 0.3) is 5.91 Å². The van der Waals surface area contributed by atoms with E-state index in [2.05, 4.69) is 15.3 Å². The molecule has 26 heavy (non-hydrogen) atoms. The van der Waals surface area contributed by atoms with Gasteiger partial charge in [-0.15, -0.1) is 11.3 Å². The van der Waals surface area contributed by atoms with Gasteiger partial charge in [-0.3, -0.25) is 14.3 Å². The zero-order chi connectivity index (χ0) is 18.7. The number of aliphatic carboxylic acids is 1. The highest BCUT2D eigenvalue weighted by Crippen LogP contribution is 2.35. The van der Waals surface area contributed by atoms with E-state index >= 15 is 0 Å². The average molecular weight is 378 g/mol. The standard InChI is InChI=1S/C18H26N4O3S/c1-11-14-10-15(16(23)20-9-8-19-12(2)18(24)25)26-17(14)22(21-11)13-6-4-3-5-7-13/h10,12-13,19H,3-9H2,1-2H3,(H,20,23)(H,24,25). The van der Waals surface area contributed by atoms with Gasteiger partial charge in [0.15, 0.2) is 0 Å². The molecule has 1 amide bonds. The van der Waals surface area contributed by atoms with Crippen LogP contribution in [0.5, 0.6) is 0 Å². The first-order chi connectivity index (χ1) is 12.5. The first-order valence-corrected chi connectivity index (χ1v) is 10.0. The van der Waals surface area contributed by atoms with E-state index in [0.29, 0.717) is 24.0 Å². The molecule has 2 aromatic rings. The molecule has 1 fully saturated rings. The van der Waals surface area contributed by atoms with Crippen molar-refractivity contribution in [3.8, 4) is 0 Å². The van der Waals surface area contributed by atoms with E-state index in [1.165, 1.54) is 30.6 Å². The summed E-state index contributed by atoms with van der Waals surface area (Å²) in [6.45, 7) is 4.38. The maximum Gasteiger partial charge on any atom is 0.320 e. The fraction of sp³-hybridized carbons (Fsp3) is 0.611. The van der Waals surface area contributed by atoms with Gasteiger partial charge in [-0.2, -0.15) is 5.10 Å². The highest BCUT2D eigenvalue weighted by molar-refractivity contribution is 7.20. The molecule has 2 heterocycles. The number of nitrogens with zero attached hydrogens (tertiary/aromatic N) is 2. The number of nitrogens with one attached hydrogen (secondary N) is 2. The van der Waals surface area contributed by atoms with Gasteiger partial charge in [-0.05, 0) is 32.8 Å². The minimum absolute atomic E-state index is 0.120. The van der Waals surface area contributed by atoms with Gasteiger partial charge in [0.05, 0.1) is 16.6 Å². The van der Waals surface area contributed by atoms with Crippen molar-refractivity contribution < 1.29 is 14.7 Å². The molecule has 8 heteroatoms. The smallest absolute Gasteiger partial charge is 0.320 e. The van der Waals surface area contributed by atoms with Gasteiger partial charge in [0, 0.05) is 18.5 Å². The Balaban J connectivity index is 1.65. The third kappa shape index (κ3) is 4.07. The van der Waals surface area contributed by atoms with Crippen molar-refractivity contribution in [1.29, 1.82) is 0 Å². The molecule has 1 unspecified atom stereocenters. The Morgan fingerprint density at radius 3 is 2.77 bits per heavy atom. The molecule has 0 radical (unpaired) electrons. The van der Waals surface area contributed by atoms with Crippen LogP contribution in [0.1, 0.15) is 60.4 Å². The number of rotatable bonds is 7. The van der Waals surface area contributed by atoms with E-state index in [-0.39, 0.29) is 5.91 Å². The topological polar surface area (TPSA) is 96.3 Å². The summed E-state index contributed by atoms with van der Waals surface area (Å²) >= 11 is 1.49. The number of aromatic nitrogens is 2. The fourth-order valence-electron chi connectivity index (χ4n) is 3.40. The third-order valence-electron chi connectivity index (χ3n) is 4.94. The number of aryl methyl sites for hydroxylation is 1. The summed E-state index contributed by atoms with van der Waals surface area (Å²) in [4.78, 5) is 24.9. The molecule has 1 atom stereocenters. The van der Waals surface area contributed by atoms with E-state index in [9.17, 15) is 9.59 Å². The molecule has 7 nitrogen and oxygen atoms in total. The van der Waals surface area contributed by atoms with Crippen LogP contribution in [0.4, 0.5) is 0 Å². The number of carboxylic acid groups (broad SMARTS) is 1. The zero-order valence-electron chi connectivity index (χ0n) is 15.2. The molecule has 1 aliphatic rings. The first-order valence-electron chi connectivity index (χ1n) is 9.20. The van der Waals surface area contributed by atoms with Crippen LogP contribution in [0.15, 0.2) is 6.07 Å². The number of hydrogen-bond acceptors (Lipinski definition) is 5. The number of fused-ring (bicyclic) bond motifs is 1. The quantitative estimate of drug-likeness (QED) is 0.644. The van der Waals surface area contributed by atoms with Crippen LogP contribution in [-0.4, -0.2) is 45.9 Å². The van der Waals surface area contributed by atoms with E-state index < -0.39 is 12.0 Å². The summed E-state index contributed by atoms with van der Waals surface area (Å²) in [6, 6.07) is 1.74. The molecule has 3 N–H and O–H groups in total. The number of thiophene rings is 1. The van der Waals surface area contributed by atoms with Crippen LogP contribution in [0.2, 0.25) is 0 Å². The molecule has 0 saturated heterocycles. The van der Waals surface area contributed by atoms with Crippen molar-refractivity contribution >= 4 is 33.4 Å². The van der Waals surface area contributed by atoms with Crippen molar-refractivity contribution in [2.45, 2.75) is 58.0 Å². The third-order valence-corrected chi connectivity index (χ3v) is 6.07. The number of hydrogen-bond donors (Lipinski definition) is 3. The van der Waals surface area contributed by atoms with Crippen LogP contribution in [0.25, 0.3) is 10.2 Å². The Morgan fingerprint density at radius 1 is 1.35 bits per heavy atom. The maximum absolute atomic E-state index is 12.4. The van der Waals surface area contributed by atoms with Crippen LogP contribution < -0.4 is 10.6 Å². The molecule has 142 valence electrons. The van der Waals surface area contributed by atoms with Crippen LogP contribution in [-0.2, 0) is 4.79 Å². The molecule has 1 aliphatic carbocycles. The second-order valence-electron chi connectivity index (χ2n) is 6.92. The Bertz CT molecular complexity index is 792. The molecule has 2 aromatic heterocycles. The Kier molecular flexibility index (Phi) is 5.93. The van der Waals surface area contributed by atoms with Crippen LogP contribution in [0.3, 0.4) is 0 Å². The second kappa shape index (κ2) is 8.18. The molecular weight excluding hydrogens is 352 g/mol. The molecule has 1 saturated carbocycles.